The molecule has 0 fully saturated rings. The predicted molar refractivity (Wildman–Crippen MR) is 110 cm³/mol. The van der Waals surface area contributed by atoms with Gasteiger partial charge in [0.05, 0.1) is 24.2 Å². The Balaban J connectivity index is 1.87. The summed E-state index contributed by atoms with van der Waals surface area (Å²) in [5.74, 6) is 0.482. The van der Waals surface area contributed by atoms with Gasteiger partial charge in [0.2, 0.25) is 0 Å². The van der Waals surface area contributed by atoms with E-state index >= 15 is 0 Å². The Bertz CT molecular complexity index is 1020. The lowest BCUT2D eigenvalue weighted by atomic mass is 10.2. The van der Waals surface area contributed by atoms with Crippen molar-refractivity contribution in [2.24, 2.45) is 0 Å². The summed E-state index contributed by atoms with van der Waals surface area (Å²) in [6, 6.07) is 13.8. The molecule has 0 aliphatic rings. The van der Waals surface area contributed by atoms with Gasteiger partial charge in [-0.3, -0.25) is 0 Å². The van der Waals surface area contributed by atoms with Gasteiger partial charge in [0.15, 0.2) is 6.10 Å². The Labute approximate surface area is 172 Å². The largest absolute Gasteiger partial charge is 0.710 e. The number of nitrogens with zero attached hydrogens (tertiary/aromatic N) is 2. The highest BCUT2D eigenvalue weighted by molar-refractivity contribution is 6.42. The summed E-state index contributed by atoms with van der Waals surface area (Å²) < 4.78 is 11.0. The van der Waals surface area contributed by atoms with Gasteiger partial charge in [-0.2, -0.15) is 0 Å². The molecule has 1 atom stereocenters. The number of rotatable bonds is 5. The second-order valence-electron chi connectivity index (χ2n) is 6.15. The van der Waals surface area contributed by atoms with Crippen molar-refractivity contribution in [3.8, 4) is 5.75 Å². The van der Waals surface area contributed by atoms with Gasteiger partial charge in [-0.25, -0.2) is 14.4 Å². The summed E-state index contributed by atoms with van der Waals surface area (Å²) in [5.41, 5.74) is 1.19. The van der Waals surface area contributed by atoms with Crippen LogP contribution in [0, 0.1) is 5.21 Å². The van der Waals surface area contributed by atoms with Crippen molar-refractivity contribution in [2.75, 3.05) is 19.1 Å². The number of aromatic nitrogens is 1. The fourth-order valence-corrected chi connectivity index (χ4v) is 3.09. The smallest absolute Gasteiger partial charge is 0.346 e. The van der Waals surface area contributed by atoms with Crippen molar-refractivity contribution in [2.45, 2.75) is 13.0 Å². The fraction of sp³-hybridized carbons (Fsp3) is 0.200. The van der Waals surface area contributed by atoms with E-state index < -0.39 is 12.1 Å². The summed E-state index contributed by atoms with van der Waals surface area (Å²) in [7, 11) is 3.09. The highest BCUT2D eigenvalue weighted by Crippen LogP contribution is 2.29. The molecule has 146 valence electrons. The maximum Gasteiger partial charge on any atom is 0.346 e. The normalized spacial score (nSPS) is 11.9. The number of esters is 1. The number of benzene rings is 2. The van der Waals surface area contributed by atoms with Gasteiger partial charge in [0, 0.05) is 17.5 Å². The molecule has 0 saturated heterocycles. The van der Waals surface area contributed by atoms with Crippen LogP contribution in [0.4, 0.5) is 11.5 Å². The predicted octanol–water partition coefficient (Wildman–Crippen LogP) is 4.49. The Hall–Kier alpha value is -2.70. The highest BCUT2D eigenvalue weighted by Gasteiger charge is 2.19. The van der Waals surface area contributed by atoms with Crippen molar-refractivity contribution < 1.29 is 19.0 Å². The first kappa shape index (κ1) is 20.0. The molecule has 6 nitrogen and oxygen atoms in total. The molecule has 0 bridgehead atoms. The van der Waals surface area contributed by atoms with Crippen LogP contribution in [-0.4, -0.2) is 26.2 Å². The number of hydrogen-bond acceptors (Lipinski definition) is 5. The van der Waals surface area contributed by atoms with E-state index in [0.717, 1.165) is 10.4 Å². The molecule has 0 spiro atoms. The number of carbonyl (C=O) groups is 1. The molecule has 2 aromatic carbocycles. The average Bonchev–Trinajstić information content (AvgIpc) is 2.69. The summed E-state index contributed by atoms with van der Waals surface area (Å²) in [4.78, 5) is 13.2. The fourth-order valence-electron chi connectivity index (χ4n) is 2.76. The van der Waals surface area contributed by atoms with E-state index in [9.17, 15) is 10.0 Å². The zero-order chi connectivity index (χ0) is 20.4. The number of carbonyl (C=O) groups excluding carboxylic acids is 1. The number of halogens is 2. The first-order valence-corrected chi connectivity index (χ1v) is 9.17. The van der Waals surface area contributed by atoms with Gasteiger partial charge in [-0.15, -0.1) is 0 Å². The quantitative estimate of drug-likeness (QED) is 0.345. The second kappa shape index (κ2) is 8.12. The maximum absolute atomic E-state index is 12.8. The number of anilines is 2. The van der Waals surface area contributed by atoms with Crippen molar-refractivity contribution in [3.05, 3.63) is 63.8 Å². The third-order valence-electron chi connectivity index (χ3n) is 4.32. The van der Waals surface area contributed by atoms with E-state index in [-0.39, 0.29) is 0 Å². The molecule has 0 amide bonds. The van der Waals surface area contributed by atoms with Crippen molar-refractivity contribution >= 4 is 51.6 Å². The van der Waals surface area contributed by atoms with Crippen molar-refractivity contribution in [1.82, 2.24) is 0 Å². The first-order valence-electron chi connectivity index (χ1n) is 8.41. The minimum absolute atomic E-state index is 0.319. The van der Waals surface area contributed by atoms with Gasteiger partial charge in [-0.05, 0) is 43.3 Å². The number of methoxy groups -OCH3 is 1. The summed E-state index contributed by atoms with van der Waals surface area (Å²) >= 11 is 12.1. The van der Waals surface area contributed by atoms with Crippen LogP contribution in [0.25, 0.3) is 10.9 Å². The molecule has 1 heterocycles. The van der Waals surface area contributed by atoms with Crippen LogP contribution in [-0.2, 0) is 9.53 Å². The topological polar surface area (TPSA) is 65.7 Å². The molecule has 1 aromatic heterocycles. The van der Waals surface area contributed by atoms with Crippen LogP contribution < -0.4 is 14.4 Å². The van der Waals surface area contributed by atoms with Crippen LogP contribution in [0.5, 0.6) is 5.75 Å². The third-order valence-corrected chi connectivity index (χ3v) is 5.04. The Kier molecular flexibility index (Phi) is 5.82. The van der Waals surface area contributed by atoms with Gasteiger partial charge in [-0.1, -0.05) is 23.2 Å². The zero-order valence-corrected chi connectivity index (χ0v) is 17.0. The Morgan fingerprint density at radius 1 is 1.11 bits per heavy atom. The lowest BCUT2D eigenvalue weighted by Crippen LogP contribution is -2.34. The molecule has 3 rings (SSSR count). The lowest BCUT2D eigenvalue weighted by Gasteiger charge is -2.19. The molecule has 0 aliphatic carbocycles. The molecular formula is C20H18Cl2N2O4. The standard InChI is InChI=1S/C20H18Cl2N2O4/c1-12(20(25)27-3)28-15-7-5-14(6-8-15)23(2)19-9-4-13-10-16(21)17(22)11-18(13)24(19)26/h4-12H,1-3H3. The van der Waals surface area contributed by atoms with Crippen LogP contribution >= 0.6 is 23.2 Å². The number of pyridine rings is 1. The number of ether oxygens (including phenoxy) is 2. The van der Waals surface area contributed by atoms with Gasteiger partial charge < -0.3 is 14.7 Å². The number of fused-ring (bicyclic) bond motifs is 1. The van der Waals surface area contributed by atoms with Crippen LogP contribution in [0.2, 0.25) is 10.0 Å². The monoisotopic (exact) mass is 420 g/mol. The van der Waals surface area contributed by atoms with E-state index in [0.29, 0.717) is 32.5 Å². The summed E-state index contributed by atoms with van der Waals surface area (Å²) in [6.07, 6.45) is -0.713. The van der Waals surface area contributed by atoms with Gasteiger partial charge in [0.25, 0.3) is 5.82 Å². The van der Waals surface area contributed by atoms with Crippen molar-refractivity contribution in [1.29, 1.82) is 0 Å². The SMILES string of the molecule is COC(=O)C(C)Oc1ccc(N(C)c2ccc3cc(Cl)c(Cl)cc3[n+]2[O-])cc1. The molecule has 0 N–H and O–H groups in total. The zero-order valence-electron chi connectivity index (χ0n) is 15.5. The van der Waals surface area contributed by atoms with Crippen LogP contribution in [0.3, 0.4) is 0 Å². The molecule has 8 heteroatoms. The molecule has 0 radical (unpaired) electrons. The van der Waals surface area contributed by atoms with E-state index in [1.807, 2.05) is 6.07 Å². The molecule has 0 aliphatic heterocycles. The molecule has 3 aromatic rings. The van der Waals surface area contributed by atoms with Crippen LogP contribution in [0.1, 0.15) is 6.92 Å². The van der Waals surface area contributed by atoms with E-state index in [2.05, 4.69) is 4.74 Å². The molecule has 1 unspecified atom stereocenters. The lowest BCUT2D eigenvalue weighted by molar-refractivity contribution is -0.563. The second-order valence-corrected chi connectivity index (χ2v) is 6.96. The van der Waals surface area contributed by atoms with Crippen LogP contribution in [0.15, 0.2) is 48.5 Å². The molecule has 0 saturated carbocycles. The maximum atomic E-state index is 12.8. The third kappa shape index (κ3) is 3.93. The summed E-state index contributed by atoms with van der Waals surface area (Å²) in [6.45, 7) is 1.61. The highest BCUT2D eigenvalue weighted by atomic mass is 35.5. The van der Waals surface area contributed by atoms with Crippen molar-refractivity contribution in [3.63, 3.8) is 0 Å². The Morgan fingerprint density at radius 2 is 1.75 bits per heavy atom. The summed E-state index contributed by atoms with van der Waals surface area (Å²) in [5, 5.41) is 14.2. The van der Waals surface area contributed by atoms with E-state index in [4.69, 9.17) is 27.9 Å². The first-order chi connectivity index (χ1) is 13.3. The minimum Gasteiger partial charge on any atom is -0.710 e. The Morgan fingerprint density at radius 3 is 2.39 bits per heavy atom. The van der Waals surface area contributed by atoms with Gasteiger partial charge in [0.1, 0.15) is 17.0 Å². The molecular weight excluding hydrogens is 403 g/mol. The van der Waals surface area contributed by atoms with E-state index in [1.54, 1.807) is 61.3 Å². The van der Waals surface area contributed by atoms with E-state index in [1.165, 1.54) is 7.11 Å². The average molecular weight is 421 g/mol. The minimum atomic E-state index is -0.713. The molecule has 28 heavy (non-hydrogen) atoms. The van der Waals surface area contributed by atoms with Gasteiger partial charge >= 0.3 is 5.97 Å². The number of hydrogen-bond donors (Lipinski definition) is 0.